The van der Waals surface area contributed by atoms with Crippen molar-refractivity contribution in [1.29, 1.82) is 0 Å². The van der Waals surface area contributed by atoms with Crippen LogP contribution in [0.15, 0.2) is 18.2 Å². The first kappa shape index (κ1) is 14.4. The summed E-state index contributed by atoms with van der Waals surface area (Å²) < 4.78 is 0. The molecule has 0 saturated heterocycles. The molecule has 0 radical (unpaired) electrons. The number of aryl methyl sites for hydroxylation is 2. The molecule has 1 atom stereocenters. The van der Waals surface area contributed by atoms with Gasteiger partial charge in [0.15, 0.2) is 0 Å². The number of nitrogens with one attached hydrogen (secondary N) is 2. The van der Waals surface area contributed by atoms with E-state index in [1.54, 1.807) is 11.1 Å². The monoisotopic (exact) mass is 260 g/mol. The van der Waals surface area contributed by atoms with Gasteiger partial charge in [0.05, 0.1) is 0 Å². The predicted octanol–water partition coefficient (Wildman–Crippen LogP) is 3.47. The molecule has 2 N–H and O–H groups in total. The SMILES string of the molecule is CNCC(CNc1ccc2c(c1)CCCC2)C(C)C. The summed E-state index contributed by atoms with van der Waals surface area (Å²) in [5.41, 5.74) is 4.42. The number of hydrogen-bond donors (Lipinski definition) is 2. The summed E-state index contributed by atoms with van der Waals surface area (Å²) in [5.74, 6) is 1.39. The Hall–Kier alpha value is -1.02. The van der Waals surface area contributed by atoms with E-state index in [-0.39, 0.29) is 0 Å². The van der Waals surface area contributed by atoms with Gasteiger partial charge in [-0.25, -0.2) is 0 Å². The highest BCUT2D eigenvalue weighted by Crippen LogP contribution is 2.24. The molecule has 2 nitrogen and oxygen atoms in total. The molecule has 2 heteroatoms. The van der Waals surface area contributed by atoms with Crippen molar-refractivity contribution >= 4 is 5.69 Å². The van der Waals surface area contributed by atoms with E-state index in [0.29, 0.717) is 11.8 Å². The van der Waals surface area contributed by atoms with Crippen LogP contribution in [0, 0.1) is 11.8 Å². The lowest BCUT2D eigenvalue weighted by Gasteiger charge is -2.22. The van der Waals surface area contributed by atoms with Crippen molar-refractivity contribution in [2.45, 2.75) is 39.5 Å². The van der Waals surface area contributed by atoms with Crippen molar-refractivity contribution in [1.82, 2.24) is 5.32 Å². The zero-order valence-corrected chi connectivity index (χ0v) is 12.6. The van der Waals surface area contributed by atoms with Crippen LogP contribution in [-0.2, 0) is 12.8 Å². The number of rotatable bonds is 6. The molecule has 0 saturated carbocycles. The van der Waals surface area contributed by atoms with Crippen LogP contribution in [0.3, 0.4) is 0 Å². The Morgan fingerprint density at radius 1 is 1.05 bits per heavy atom. The summed E-state index contributed by atoms with van der Waals surface area (Å²) in [5, 5.41) is 6.92. The molecular formula is C17H28N2. The average Bonchev–Trinajstić information content (AvgIpc) is 2.43. The molecule has 0 aromatic heterocycles. The number of fused-ring (bicyclic) bond motifs is 1. The van der Waals surface area contributed by atoms with Gasteiger partial charge in [0, 0.05) is 12.2 Å². The molecule has 1 aliphatic rings. The van der Waals surface area contributed by atoms with Crippen molar-refractivity contribution in [3.8, 4) is 0 Å². The van der Waals surface area contributed by atoms with Gasteiger partial charge in [0.1, 0.15) is 0 Å². The lowest BCUT2D eigenvalue weighted by atomic mass is 9.91. The van der Waals surface area contributed by atoms with Crippen LogP contribution in [0.5, 0.6) is 0 Å². The minimum atomic E-state index is 0.682. The third-order valence-corrected chi connectivity index (χ3v) is 4.33. The Morgan fingerprint density at radius 3 is 2.47 bits per heavy atom. The number of hydrogen-bond acceptors (Lipinski definition) is 2. The van der Waals surface area contributed by atoms with E-state index in [1.807, 2.05) is 7.05 Å². The van der Waals surface area contributed by atoms with Crippen LogP contribution in [0.25, 0.3) is 0 Å². The van der Waals surface area contributed by atoms with Gasteiger partial charge in [-0.2, -0.15) is 0 Å². The van der Waals surface area contributed by atoms with Crippen LogP contribution in [0.2, 0.25) is 0 Å². The zero-order chi connectivity index (χ0) is 13.7. The fourth-order valence-electron chi connectivity index (χ4n) is 2.90. The number of anilines is 1. The van der Waals surface area contributed by atoms with Crippen molar-refractivity contribution in [2.24, 2.45) is 11.8 Å². The molecule has 19 heavy (non-hydrogen) atoms. The second-order valence-electron chi connectivity index (χ2n) is 6.13. The first-order valence-electron chi connectivity index (χ1n) is 7.71. The highest BCUT2D eigenvalue weighted by molar-refractivity contribution is 5.49. The number of benzene rings is 1. The van der Waals surface area contributed by atoms with Gasteiger partial charge in [-0.1, -0.05) is 19.9 Å². The molecule has 0 bridgehead atoms. The van der Waals surface area contributed by atoms with Gasteiger partial charge in [0.25, 0.3) is 0 Å². The Balaban J connectivity index is 1.95. The van der Waals surface area contributed by atoms with Gasteiger partial charge < -0.3 is 10.6 Å². The normalized spacial score (nSPS) is 16.2. The lowest BCUT2D eigenvalue weighted by molar-refractivity contribution is 0.390. The fraction of sp³-hybridized carbons (Fsp3) is 0.647. The van der Waals surface area contributed by atoms with Crippen LogP contribution in [0.1, 0.15) is 37.8 Å². The molecule has 2 rings (SSSR count). The van der Waals surface area contributed by atoms with Crippen LogP contribution in [-0.4, -0.2) is 20.1 Å². The van der Waals surface area contributed by atoms with E-state index in [4.69, 9.17) is 0 Å². The van der Waals surface area contributed by atoms with Gasteiger partial charge >= 0.3 is 0 Å². The Kier molecular flexibility index (Phi) is 5.26. The summed E-state index contributed by atoms with van der Waals surface area (Å²) in [6.07, 6.45) is 5.24. The van der Waals surface area contributed by atoms with Gasteiger partial charge in [-0.15, -0.1) is 0 Å². The van der Waals surface area contributed by atoms with Crippen LogP contribution < -0.4 is 10.6 Å². The molecule has 1 unspecified atom stereocenters. The van der Waals surface area contributed by atoms with E-state index >= 15 is 0 Å². The zero-order valence-electron chi connectivity index (χ0n) is 12.6. The van der Waals surface area contributed by atoms with Gasteiger partial charge in [-0.3, -0.25) is 0 Å². The highest BCUT2D eigenvalue weighted by atomic mass is 14.9. The molecule has 1 aromatic rings. The fourth-order valence-corrected chi connectivity index (χ4v) is 2.90. The van der Waals surface area contributed by atoms with Gasteiger partial charge in [-0.05, 0) is 74.4 Å². The predicted molar refractivity (Wildman–Crippen MR) is 83.8 cm³/mol. The van der Waals surface area contributed by atoms with Crippen molar-refractivity contribution in [2.75, 3.05) is 25.5 Å². The Morgan fingerprint density at radius 2 is 1.79 bits per heavy atom. The van der Waals surface area contributed by atoms with Crippen LogP contribution >= 0.6 is 0 Å². The first-order valence-corrected chi connectivity index (χ1v) is 7.71. The molecule has 0 heterocycles. The summed E-state index contributed by atoms with van der Waals surface area (Å²) in [4.78, 5) is 0. The smallest absolute Gasteiger partial charge is 0.0343 e. The second-order valence-corrected chi connectivity index (χ2v) is 6.13. The van der Waals surface area contributed by atoms with E-state index in [9.17, 15) is 0 Å². The largest absolute Gasteiger partial charge is 0.385 e. The van der Waals surface area contributed by atoms with Crippen molar-refractivity contribution < 1.29 is 0 Å². The average molecular weight is 260 g/mol. The standard InChI is InChI=1S/C17H28N2/c1-13(2)16(11-18-3)12-19-17-9-8-14-6-4-5-7-15(14)10-17/h8-10,13,16,18-19H,4-7,11-12H2,1-3H3. The Bertz CT molecular complexity index is 398. The molecule has 0 fully saturated rings. The third kappa shape index (κ3) is 3.97. The molecule has 0 aliphatic heterocycles. The van der Waals surface area contributed by atoms with E-state index in [1.165, 1.54) is 31.4 Å². The molecule has 106 valence electrons. The maximum Gasteiger partial charge on any atom is 0.0343 e. The lowest BCUT2D eigenvalue weighted by Crippen LogP contribution is -2.29. The summed E-state index contributed by atoms with van der Waals surface area (Å²) in [6.45, 7) is 6.74. The minimum Gasteiger partial charge on any atom is -0.385 e. The third-order valence-electron chi connectivity index (χ3n) is 4.33. The molecule has 1 aromatic carbocycles. The van der Waals surface area contributed by atoms with Crippen molar-refractivity contribution in [3.63, 3.8) is 0 Å². The van der Waals surface area contributed by atoms with E-state index < -0.39 is 0 Å². The quantitative estimate of drug-likeness (QED) is 0.818. The van der Waals surface area contributed by atoms with Crippen LogP contribution in [0.4, 0.5) is 5.69 Å². The molecule has 0 spiro atoms. The Labute approximate surface area is 118 Å². The van der Waals surface area contributed by atoms with Gasteiger partial charge in [0.2, 0.25) is 0 Å². The summed E-state index contributed by atoms with van der Waals surface area (Å²) in [7, 11) is 2.04. The van der Waals surface area contributed by atoms with Crippen molar-refractivity contribution in [3.05, 3.63) is 29.3 Å². The summed E-state index contributed by atoms with van der Waals surface area (Å²) >= 11 is 0. The first-order chi connectivity index (χ1) is 9.20. The molecule has 1 aliphatic carbocycles. The molecular weight excluding hydrogens is 232 g/mol. The maximum absolute atomic E-state index is 3.62. The molecule has 0 amide bonds. The highest BCUT2D eigenvalue weighted by Gasteiger charge is 2.13. The minimum absolute atomic E-state index is 0.682. The van der Waals surface area contributed by atoms with E-state index in [2.05, 4.69) is 42.7 Å². The van der Waals surface area contributed by atoms with E-state index in [0.717, 1.165) is 13.1 Å². The second kappa shape index (κ2) is 6.95. The topological polar surface area (TPSA) is 24.1 Å². The maximum atomic E-state index is 3.62. The summed E-state index contributed by atoms with van der Waals surface area (Å²) in [6, 6.07) is 6.94.